The molecule has 3 heteroatoms. The predicted molar refractivity (Wildman–Crippen MR) is 53.8 cm³/mol. The summed E-state index contributed by atoms with van der Waals surface area (Å²) in [7, 11) is 1.82. The highest BCUT2D eigenvalue weighted by molar-refractivity contribution is 5.77. The first-order chi connectivity index (χ1) is 5.78. The molecule has 0 aromatic heterocycles. The molecule has 0 bridgehead atoms. The monoisotopic (exact) mass is 185 g/mol. The first-order valence-corrected chi connectivity index (χ1v) is 4.37. The number of nitrogens with zero attached hydrogens (tertiary/aromatic N) is 1. The van der Waals surface area contributed by atoms with Crippen LogP contribution in [0.2, 0.25) is 0 Å². The maximum Gasteiger partial charge on any atom is 0.323 e. The summed E-state index contributed by atoms with van der Waals surface area (Å²) in [6.07, 6.45) is 0.840. The second-order valence-corrected chi connectivity index (χ2v) is 3.99. The number of carboxylic acid groups (broad SMARTS) is 1. The summed E-state index contributed by atoms with van der Waals surface area (Å²) in [4.78, 5) is 12.7. The summed E-state index contributed by atoms with van der Waals surface area (Å²) in [5, 5.41) is 8.91. The van der Waals surface area contributed by atoms with Gasteiger partial charge in [-0.05, 0) is 34.2 Å². The molecule has 0 radical (unpaired) electrons. The number of carbonyl (C=O) groups is 1. The molecule has 0 rings (SSSR count). The van der Waals surface area contributed by atoms with Gasteiger partial charge in [0.1, 0.15) is 5.54 Å². The smallest absolute Gasteiger partial charge is 0.323 e. The van der Waals surface area contributed by atoms with Crippen LogP contribution < -0.4 is 0 Å². The van der Waals surface area contributed by atoms with Crippen molar-refractivity contribution in [3.63, 3.8) is 0 Å². The van der Waals surface area contributed by atoms with Crippen molar-refractivity contribution >= 4 is 5.97 Å². The average Bonchev–Trinajstić information content (AvgIpc) is 1.99. The van der Waals surface area contributed by atoms with Gasteiger partial charge < -0.3 is 5.11 Å². The van der Waals surface area contributed by atoms with E-state index in [9.17, 15) is 4.79 Å². The minimum absolute atomic E-state index is 0.731. The molecule has 0 spiro atoms. The van der Waals surface area contributed by atoms with Crippen molar-refractivity contribution in [2.24, 2.45) is 0 Å². The molecule has 0 aliphatic carbocycles. The largest absolute Gasteiger partial charge is 0.480 e. The van der Waals surface area contributed by atoms with E-state index in [0.29, 0.717) is 0 Å². The van der Waals surface area contributed by atoms with Crippen LogP contribution in [-0.4, -0.2) is 35.1 Å². The minimum Gasteiger partial charge on any atom is -0.480 e. The fourth-order valence-corrected chi connectivity index (χ4v) is 0.801. The molecule has 0 unspecified atom stereocenters. The molecule has 1 N–H and O–H groups in total. The Hall–Kier alpha value is -0.830. The minimum atomic E-state index is -0.796. The molecule has 0 heterocycles. The number of aliphatic carboxylic acids is 1. The van der Waals surface area contributed by atoms with Gasteiger partial charge in [-0.25, -0.2) is 0 Å². The second kappa shape index (κ2) is 4.42. The summed E-state index contributed by atoms with van der Waals surface area (Å²) >= 11 is 0. The summed E-state index contributed by atoms with van der Waals surface area (Å²) in [5.41, 5.74) is 0.281. The van der Waals surface area contributed by atoms with Crippen LogP contribution >= 0.6 is 0 Å². The lowest BCUT2D eigenvalue weighted by Crippen LogP contribution is -2.48. The summed E-state index contributed by atoms with van der Waals surface area (Å²) < 4.78 is 0. The highest BCUT2D eigenvalue weighted by Gasteiger charge is 2.31. The van der Waals surface area contributed by atoms with Gasteiger partial charge in [0.2, 0.25) is 0 Å². The van der Waals surface area contributed by atoms with Crippen molar-refractivity contribution in [2.45, 2.75) is 32.7 Å². The van der Waals surface area contributed by atoms with Crippen LogP contribution in [0.5, 0.6) is 0 Å². The van der Waals surface area contributed by atoms with Crippen LogP contribution in [0, 0.1) is 0 Å². The molecule has 0 aromatic rings. The van der Waals surface area contributed by atoms with E-state index in [-0.39, 0.29) is 0 Å². The van der Waals surface area contributed by atoms with Crippen LogP contribution in [0.25, 0.3) is 0 Å². The molecular formula is C10H19NO2. The van der Waals surface area contributed by atoms with Crippen LogP contribution in [0.1, 0.15) is 27.2 Å². The first-order valence-electron chi connectivity index (χ1n) is 4.37. The van der Waals surface area contributed by atoms with Gasteiger partial charge in [-0.1, -0.05) is 5.57 Å². The molecule has 76 valence electrons. The Morgan fingerprint density at radius 2 is 2.00 bits per heavy atom. The van der Waals surface area contributed by atoms with E-state index in [4.69, 9.17) is 5.11 Å². The van der Waals surface area contributed by atoms with Gasteiger partial charge in [-0.2, -0.15) is 0 Å². The van der Waals surface area contributed by atoms with Gasteiger partial charge in [0.25, 0.3) is 0 Å². The maximum atomic E-state index is 10.8. The van der Waals surface area contributed by atoms with E-state index < -0.39 is 11.5 Å². The second-order valence-electron chi connectivity index (χ2n) is 3.99. The summed E-state index contributed by atoms with van der Waals surface area (Å²) in [6.45, 7) is 9.86. The molecule has 3 nitrogen and oxygen atoms in total. The zero-order chi connectivity index (χ0) is 10.6. The highest BCUT2D eigenvalue weighted by atomic mass is 16.4. The average molecular weight is 185 g/mol. The molecule has 13 heavy (non-hydrogen) atoms. The number of rotatable bonds is 5. The molecular weight excluding hydrogens is 166 g/mol. The Kier molecular flexibility index (Phi) is 4.14. The van der Waals surface area contributed by atoms with Gasteiger partial charge in [0.05, 0.1) is 0 Å². The van der Waals surface area contributed by atoms with Crippen molar-refractivity contribution in [3.05, 3.63) is 12.2 Å². The molecule has 0 aliphatic heterocycles. The normalized spacial score (nSPS) is 11.8. The molecule has 0 aliphatic rings. The Labute approximate surface area is 80.0 Å². The molecule has 0 aromatic carbocycles. The van der Waals surface area contributed by atoms with Gasteiger partial charge in [0, 0.05) is 6.54 Å². The number of carboxylic acids is 1. The van der Waals surface area contributed by atoms with E-state index >= 15 is 0 Å². The highest BCUT2D eigenvalue weighted by Crippen LogP contribution is 2.13. The zero-order valence-corrected chi connectivity index (χ0v) is 8.92. The topological polar surface area (TPSA) is 40.5 Å². The van der Waals surface area contributed by atoms with Crippen LogP contribution in [0.4, 0.5) is 0 Å². The molecule has 0 fully saturated rings. The van der Waals surface area contributed by atoms with Gasteiger partial charge in [-0.3, -0.25) is 9.69 Å². The Morgan fingerprint density at radius 3 is 2.31 bits per heavy atom. The van der Waals surface area contributed by atoms with E-state index in [0.717, 1.165) is 18.5 Å². The predicted octanol–water partition coefficient (Wildman–Crippen LogP) is 1.75. The third-order valence-electron chi connectivity index (χ3n) is 2.35. The number of likely N-dealkylation sites (N-methyl/N-ethyl adjacent to an activating group) is 1. The third-order valence-corrected chi connectivity index (χ3v) is 2.35. The maximum absolute atomic E-state index is 10.8. The van der Waals surface area contributed by atoms with Crippen molar-refractivity contribution in [3.8, 4) is 0 Å². The van der Waals surface area contributed by atoms with E-state index in [2.05, 4.69) is 6.58 Å². The van der Waals surface area contributed by atoms with Crippen molar-refractivity contribution in [1.82, 2.24) is 4.90 Å². The zero-order valence-electron chi connectivity index (χ0n) is 8.92. The summed E-state index contributed by atoms with van der Waals surface area (Å²) in [5.74, 6) is -0.795. The molecule has 0 saturated heterocycles. The van der Waals surface area contributed by atoms with Gasteiger partial charge in [-0.15, -0.1) is 6.58 Å². The van der Waals surface area contributed by atoms with Crippen LogP contribution in [-0.2, 0) is 4.79 Å². The van der Waals surface area contributed by atoms with Crippen LogP contribution in [0.3, 0.4) is 0 Å². The molecule has 0 saturated carbocycles. The van der Waals surface area contributed by atoms with Gasteiger partial charge in [0.15, 0.2) is 0 Å². The number of hydrogen-bond donors (Lipinski definition) is 1. The van der Waals surface area contributed by atoms with E-state index in [1.54, 1.807) is 13.8 Å². The van der Waals surface area contributed by atoms with Crippen molar-refractivity contribution in [1.29, 1.82) is 0 Å². The first kappa shape index (κ1) is 12.2. The standard InChI is InChI=1S/C10H19NO2/c1-8(2)6-7-11(5)10(3,4)9(12)13/h1,6-7H2,2-5H3,(H,12,13). The fourth-order valence-electron chi connectivity index (χ4n) is 0.801. The van der Waals surface area contributed by atoms with Crippen molar-refractivity contribution in [2.75, 3.05) is 13.6 Å². The Bertz CT molecular complexity index is 209. The fraction of sp³-hybridized carbons (Fsp3) is 0.700. The lowest BCUT2D eigenvalue weighted by atomic mass is 10.0. The van der Waals surface area contributed by atoms with Gasteiger partial charge >= 0.3 is 5.97 Å². The summed E-state index contributed by atoms with van der Waals surface area (Å²) in [6, 6.07) is 0. The third kappa shape index (κ3) is 3.59. The van der Waals surface area contributed by atoms with Crippen LogP contribution in [0.15, 0.2) is 12.2 Å². The Morgan fingerprint density at radius 1 is 1.54 bits per heavy atom. The SMILES string of the molecule is C=C(C)CCN(C)C(C)(C)C(=O)O. The number of hydrogen-bond acceptors (Lipinski definition) is 2. The molecule has 0 atom stereocenters. The molecule has 0 amide bonds. The van der Waals surface area contributed by atoms with E-state index in [1.165, 1.54) is 0 Å². The quantitative estimate of drug-likeness (QED) is 0.663. The Balaban J connectivity index is 4.17. The van der Waals surface area contributed by atoms with E-state index in [1.807, 2.05) is 18.9 Å². The lowest BCUT2D eigenvalue weighted by Gasteiger charge is -2.31. The van der Waals surface area contributed by atoms with Crippen molar-refractivity contribution < 1.29 is 9.90 Å². The lowest BCUT2D eigenvalue weighted by molar-refractivity contribution is -0.148.